The van der Waals surface area contributed by atoms with Gasteiger partial charge in [0.05, 0.1) is 17.4 Å². The van der Waals surface area contributed by atoms with Crippen molar-refractivity contribution in [3.05, 3.63) is 0 Å². The molecule has 0 bridgehead atoms. The molecule has 0 spiro atoms. The number of piperidine rings is 1. The summed E-state index contributed by atoms with van der Waals surface area (Å²) in [6, 6.07) is 0. The lowest BCUT2D eigenvalue weighted by Gasteiger charge is -2.32. The highest BCUT2D eigenvalue weighted by atomic mass is 79.9. The summed E-state index contributed by atoms with van der Waals surface area (Å²) in [6.07, 6.45) is 2.22. The Bertz CT molecular complexity index is 275. The van der Waals surface area contributed by atoms with E-state index in [1.807, 2.05) is 18.7 Å². The number of nitrogens with zero attached hydrogens (tertiary/aromatic N) is 1. The highest BCUT2D eigenvalue weighted by Gasteiger charge is 2.29. The van der Waals surface area contributed by atoms with E-state index in [2.05, 4.69) is 15.9 Å². The number of halogens is 1. The van der Waals surface area contributed by atoms with Crippen LogP contribution in [0, 0.1) is 5.92 Å². The molecule has 17 heavy (non-hydrogen) atoms. The van der Waals surface area contributed by atoms with Crippen molar-refractivity contribution in [3.63, 3.8) is 0 Å². The molecule has 0 aromatic rings. The molecule has 1 amide bonds. The molecule has 4 nitrogen and oxygen atoms in total. The van der Waals surface area contributed by atoms with Crippen LogP contribution in [0.25, 0.3) is 0 Å². The molecule has 0 radical (unpaired) electrons. The molecule has 1 heterocycles. The van der Waals surface area contributed by atoms with Crippen LogP contribution < -0.4 is 0 Å². The van der Waals surface area contributed by atoms with Crippen LogP contribution in [0.5, 0.6) is 0 Å². The van der Waals surface area contributed by atoms with Gasteiger partial charge in [-0.3, -0.25) is 9.59 Å². The first kappa shape index (κ1) is 14.5. The standard InChI is InChI=1S/C12H20BrNO3/c1-3-10(13)11(15)14-7-5-9(6-8-14)12(16)17-4-2/h9-10H,3-8H2,1-2H3/t10-/m0/s1. The number of amides is 1. The Morgan fingerprint density at radius 1 is 1.35 bits per heavy atom. The first-order valence-electron chi connectivity index (χ1n) is 6.19. The Labute approximate surface area is 111 Å². The third kappa shape index (κ3) is 3.98. The van der Waals surface area contributed by atoms with E-state index in [1.165, 1.54) is 0 Å². The fraction of sp³-hybridized carbons (Fsp3) is 0.833. The van der Waals surface area contributed by atoms with Gasteiger partial charge in [-0.15, -0.1) is 0 Å². The highest BCUT2D eigenvalue weighted by molar-refractivity contribution is 9.10. The van der Waals surface area contributed by atoms with Gasteiger partial charge in [0.2, 0.25) is 5.91 Å². The summed E-state index contributed by atoms with van der Waals surface area (Å²) in [5.74, 6) is -0.0188. The van der Waals surface area contributed by atoms with Gasteiger partial charge in [-0.05, 0) is 26.2 Å². The number of hydrogen-bond acceptors (Lipinski definition) is 3. The number of rotatable bonds is 4. The van der Waals surface area contributed by atoms with Gasteiger partial charge in [0.15, 0.2) is 0 Å². The molecular formula is C12H20BrNO3. The van der Waals surface area contributed by atoms with E-state index in [1.54, 1.807) is 0 Å². The maximum atomic E-state index is 11.9. The normalized spacial score (nSPS) is 18.9. The largest absolute Gasteiger partial charge is 0.466 e. The monoisotopic (exact) mass is 305 g/mol. The topological polar surface area (TPSA) is 46.6 Å². The maximum Gasteiger partial charge on any atom is 0.309 e. The van der Waals surface area contributed by atoms with Crippen molar-refractivity contribution < 1.29 is 14.3 Å². The molecule has 0 aromatic carbocycles. The Hall–Kier alpha value is -0.580. The average Bonchev–Trinajstić information content (AvgIpc) is 2.37. The van der Waals surface area contributed by atoms with E-state index in [0.29, 0.717) is 32.5 Å². The SMILES string of the molecule is CCOC(=O)C1CCN(C(=O)[C@@H](Br)CC)CC1. The Balaban J connectivity index is 2.40. The van der Waals surface area contributed by atoms with Gasteiger partial charge in [-0.2, -0.15) is 0 Å². The van der Waals surface area contributed by atoms with E-state index >= 15 is 0 Å². The minimum Gasteiger partial charge on any atom is -0.466 e. The first-order chi connectivity index (χ1) is 8.10. The zero-order valence-electron chi connectivity index (χ0n) is 10.4. The number of esters is 1. The molecule has 1 fully saturated rings. The number of alkyl halides is 1. The summed E-state index contributed by atoms with van der Waals surface area (Å²) in [6.45, 7) is 5.53. The smallest absolute Gasteiger partial charge is 0.309 e. The quantitative estimate of drug-likeness (QED) is 0.589. The molecule has 0 aromatic heterocycles. The molecule has 1 aliphatic heterocycles. The van der Waals surface area contributed by atoms with Crippen molar-refractivity contribution >= 4 is 27.8 Å². The Morgan fingerprint density at radius 2 is 1.94 bits per heavy atom. The van der Waals surface area contributed by atoms with Crippen molar-refractivity contribution in [2.24, 2.45) is 5.92 Å². The zero-order chi connectivity index (χ0) is 12.8. The third-order valence-electron chi connectivity index (χ3n) is 3.05. The molecule has 5 heteroatoms. The second kappa shape index (κ2) is 6.99. The van der Waals surface area contributed by atoms with E-state index < -0.39 is 0 Å². The summed E-state index contributed by atoms with van der Waals surface area (Å²) < 4.78 is 4.99. The van der Waals surface area contributed by atoms with E-state index in [0.717, 1.165) is 6.42 Å². The van der Waals surface area contributed by atoms with Crippen LogP contribution in [0.3, 0.4) is 0 Å². The van der Waals surface area contributed by atoms with Gasteiger partial charge in [-0.25, -0.2) is 0 Å². The van der Waals surface area contributed by atoms with Crippen LogP contribution in [0.4, 0.5) is 0 Å². The summed E-state index contributed by atoms with van der Waals surface area (Å²) in [5, 5.41) is 0. The first-order valence-corrected chi connectivity index (χ1v) is 7.11. The van der Waals surface area contributed by atoms with Gasteiger partial charge < -0.3 is 9.64 Å². The van der Waals surface area contributed by atoms with Crippen molar-refractivity contribution in [3.8, 4) is 0 Å². The van der Waals surface area contributed by atoms with Gasteiger partial charge in [0, 0.05) is 13.1 Å². The Kier molecular flexibility index (Phi) is 5.95. The van der Waals surface area contributed by atoms with E-state index in [-0.39, 0.29) is 22.6 Å². The van der Waals surface area contributed by atoms with Crippen molar-refractivity contribution in [2.75, 3.05) is 19.7 Å². The maximum absolute atomic E-state index is 11.9. The summed E-state index contributed by atoms with van der Waals surface area (Å²) >= 11 is 3.36. The molecule has 98 valence electrons. The van der Waals surface area contributed by atoms with Crippen LogP contribution in [0.15, 0.2) is 0 Å². The molecule has 0 unspecified atom stereocenters. The lowest BCUT2D eigenvalue weighted by Crippen LogP contribution is -2.43. The lowest BCUT2D eigenvalue weighted by molar-refractivity contribution is -0.151. The molecule has 1 saturated heterocycles. The number of likely N-dealkylation sites (tertiary alicyclic amines) is 1. The van der Waals surface area contributed by atoms with Crippen molar-refractivity contribution in [1.29, 1.82) is 0 Å². The molecule has 1 atom stereocenters. The summed E-state index contributed by atoms with van der Waals surface area (Å²) in [4.78, 5) is 25.2. The van der Waals surface area contributed by atoms with Gasteiger partial charge in [-0.1, -0.05) is 22.9 Å². The zero-order valence-corrected chi connectivity index (χ0v) is 12.0. The number of ether oxygens (including phenoxy) is 1. The predicted molar refractivity (Wildman–Crippen MR) is 68.9 cm³/mol. The summed E-state index contributed by atoms with van der Waals surface area (Å²) in [5.41, 5.74) is 0. The Morgan fingerprint density at radius 3 is 2.41 bits per heavy atom. The van der Waals surface area contributed by atoms with Gasteiger partial charge >= 0.3 is 5.97 Å². The van der Waals surface area contributed by atoms with Crippen LogP contribution in [0.1, 0.15) is 33.1 Å². The van der Waals surface area contributed by atoms with Crippen LogP contribution in [-0.2, 0) is 14.3 Å². The van der Waals surface area contributed by atoms with Crippen LogP contribution in [-0.4, -0.2) is 41.3 Å². The molecular weight excluding hydrogens is 286 g/mol. The average molecular weight is 306 g/mol. The number of carbonyl (C=O) groups is 2. The van der Waals surface area contributed by atoms with Crippen LogP contribution in [0.2, 0.25) is 0 Å². The third-order valence-corrected chi connectivity index (χ3v) is 4.09. The second-order valence-corrected chi connectivity index (χ2v) is 5.33. The number of carbonyl (C=O) groups excluding carboxylic acids is 2. The number of hydrogen-bond donors (Lipinski definition) is 0. The molecule has 1 aliphatic rings. The lowest BCUT2D eigenvalue weighted by atomic mass is 9.97. The fourth-order valence-corrected chi connectivity index (χ4v) is 2.26. The van der Waals surface area contributed by atoms with E-state index in [4.69, 9.17) is 4.74 Å². The molecule has 0 aliphatic carbocycles. The van der Waals surface area contributed by atoms with Gasteiger partial charge in [0.25, 0.3) is 0 Å². The molecule has 0 saturated carbocycles. The highest BCUT2D eigenvalue weighted by Crippen LogP contribution is 2.21. The van der Waals surface area contributed by atoms with Crippen molar-refractivity contribution in [2.45, 2.75) is 37.9 Å². The molecule has 1 rings (SSSR count). The van der Waals surface area contributed by atoms with Crippen LogP contribution >= 0.6 is 15.9 Å². The van der Waals surface area contributed by atoms with Crippen molar-refractivity contribution in [1.82, 2.24) is 4.90 Å². The van der Waals surface area contributed by atoms with Gasteiger partial charge in [0.1, 0.15) is 0 Å². The predicted octanol–water partition coefficient (Wildman–Crippen LogP) is 1.96. The second-order valence-electron chi connectivity index (χ2n) is 4.23. The fourth-order valence-electron chi connectivity index (χ4n) is 1.97. The molecule has 0 N–H and O–H groups in total. The minimum absolute atomic E-state index is 0.0330. The minimum atomic E-state index is -0.120. The summed E-state index contributed by atoms with van der Waals surface area (Å²) in [7, 11) is 0. The van der Waals surface area contributed by atoms with E-state index in [9.17, 15) is 9.59 Å².